The lowest BCUT2D eigenvalue weighted by Crippen LogP contribution is -2.29. The Kier molecular flexibility index (Phi) is 5.01. The summed E-state index contributed by atoms with van der Waals surface area (Å²) in [7, 11) is 0. The Bertz CT molecular complexity index is 1320. The van der Waals surface area contributed by atoms with Crippen LogP contribution in [0.25, 0.3) is 16.8 Å². The summed E-state index contributed by atoms with van der Waals surface area (Å²) in [5.74, 6) is 0.360. The van der Waals surface area contributed by atoms with Gasteiger partial charge in [-0.3, -0.25) is 4.79 Å². The van der Waals surface area contributed by atoms with Crippen molar-refractivity contribution in [2.45, 2.75) is 12.5 Å². The molecule has 32 heavy (non-hydrogen) atoms. The van der Waals surface area contributed by atoms with E-state index < -0.39 is 6.10 Å². The maximum Gasteiger partial charge on any atom is 0.253 e. The van der Waals surface area contributed by atoms with Crippen LogP contribution in [0.4, 0.5) is 11.6 Å². The van der Waals surface area contributed by atoms with Gasteiger partial charge in [-0.2, -0.15) is 10.2 Å². The molecule has 1 fully saturated rings. The van der Waals surface area contributed by atoms with E-state index in [1.165, 1.54) is 0 Å². The third-order valence-corrected chi connectivity index (χ3v) is 5.53. The normalized spacial score (nSPS) is 15.6. The number of aliphatic hydroxyl groups is 1. The quantitative estimate of drug-likeness (QED) is 0.521. The Hall–Kier alpha value is -4.22. The summed E-state index contributed by atoms with van der Waals surface area (Å²) in [5, 5.41) is 26.3. The molecule has 4 aromatic rings. The SMILES string of the molecule is N#Cc1ccc(-c2cccn3nc(Nc4ccc(C(=O)N5CC[C@H](O)C5)cc4)nc23)cc1. The first-order valence-corrected chi connectivity index (χ1v) is 10.3. The molecule has 1 aliphatic rings. The van der Waals surface area contributed by atoms with Gasteiger partial charge < -0.3 is 15.3 Å². The standard InChI is InChI=1S/C24H20N6O2/c25-14-16-3-5-17(6-4-16)21-2-1-12-30-22(21)27-24(28-30)26-19-9-7-18(8-10-19)23(32)29-13-11-20(31)15-29/h1-10,12,20,31H,11,13,15H2,(H,26,28)/t20-/m0/s1. The van der Waals surface area contributed by atoms with Gasteiger partial charge in [-0.25, -0.2) is 4.52 Å². The van der Waals surface area contributed by atoms with Crippen LogP contribution >= 0.6 is 0 Å². The Labute approximate surface area is 184 Å². The van der Waals surface area contributed by atoms with Gasteiger partial charge in [0.05, 0.1) is 17.7 Å². The minimum atomic E-state index is -0.435. The van der Waals surface area contributed by atoms with Crippen LogP contribution in [0.2, 0.25) is 0 Å². The second-order valence-electron chi connectivity index (χ2n) is 7.71. The number of likely N-dealkylation sites (tertiary alicyclic amines) is 1. The van der Waals surface area contributed by atoms with E-state index in [4.69, 9.17) is 5.26 Å². The van der Waals surface area contributed by atoms with Crippen molar-refractivity contribution < 1.29 is 9.90 Å². The van der Waals surface area contributed by atoms with Gasteiger partial charge in [-0.1, -0.05) is 12.1 Å². The van der Waals surface area contributed by atoms with Gasteiger partial charge in [0, 0.05) is 36.1 Å². The van der Waals surface area contributed by atoms with Gasteiger partial charge in [-0.15, -0.1) is 5.10 Å². The zero-order valence-electron chi connectivity index (χ0n) is 17.1. The molecule has 2 aromatic carbocycles. The van der Waals surface area contributed by atoms with Crippen LogP contribution in [0.15, 0.2) is 66.9 Å². The number of aliphatic hydroxyl groups excluding tert-OH is 1. The third-order valence-electron chi connectivity index (χ3n) is 5.53. The van der Waals surface area contributed by atoms with Gasteiger partial charge in [0.25, 0.3) is 5.91 Å². The maximum absolute atomic E-state index is 12.5. The predicted molar refractivity (Wildman–Crippen MR) is 119 cm³/mol. The van der Waals surface area contributed by atoms with Crippen molar-refractivity contribution in [3.8, 4) is 17.2 Å². The fraction of sp³-hybridized carbons (Fsp3) is 0.167. The van der Waals surface area contributed by atoms with Gasteiger partial charge in [-0.05, 0) is 60.5 Å². The molecule has 5 rings (SSSR count). The summed E-state index contributed by atoms with van der Waals surface area (Å²) in [6.45, 7) is 0.957. The predicted octanol–water partition coefficient (Wildman–Crippen LogP) is 3.22. The van der Waals surface area contributed by atoms with E-state index >= 15 is 0 Å². The number of nitrogens with zero attached hydrogens (tertiary/aromatic N) is 5. The first-order chi connectivity index (χ1) is 15.6. The number of nitriles is 1. The number of fused-ring (bicyclic) bond motifs is 1. The number of β-amino-alcohol motifs (C(OH)–C–C–N with tert-alkyl or cyclic N) is 1. The number of hydrogen-bond acceptors (Lipinski definition) is 6. The highest BCUT2D eigenvalue weighted by molar-refractivity contribution is 5.94. The number of carbonyl (C=O) groups is 1. The van der Waals surface area contributed by atoms with Crippen molar-refractivity contribution in [3.63, 3.8) is 0 Å². The van der Waals surface area contributed by atoms with Gasteiger partial charge >= 0.3 is 0 Å². The summed E-state index contributed by atoms with van der Waals surface area (Å²) < 4.78 is 1.70. The maximum atomic E-state index is 12.5. The molecular formula is C24H20N6O2. The first-order valence-electron chi connectivity index (χ1n) is 10.3. The summed E-state index contributed by atoms with van der Waals surface area (Å²) in [6.07, 6.45) is 2.01. The highest BCUT2D eigenvalue weighted by atomic mass is 16.3. The van der Waals surface area contributed by atoms with E-state index in [9.17, 15) is 9.90 Å². The molecule has 2 aromatic heterocycles. The Morgan fingerprint density at radius 2 is 1.91 bits per heavy atom. The number of anilines is 2. The number of carbonyl (C=O) groups excluding carboxylic acids is 1. The topological polar surface area (TPSA) is 107 Å². The molecule has 1 amide bonds. The first kappa shape index (κ1) is 19.7. The second-order valence-corrected chi connectivity index (χ2v) is 7.71. The van der Waals surface area contributed by atoms with Crippen molar-refractivity contribution in [1.29, 1.82) is 5.26 Å². The average Bonchev–Trinajstić information content (AvgIpc) is 3.44. The zero-order valence-corrected chi connectivity index (χ0v) is 17.1. The monoisotopic (exact) mass is 424 g/mol. The lowest BCUT2D eigenvalue weighted by Gasteiger charge is -2.15. The fourth-order valence-electron chi connectivity index (χ4n) is 3.84. The number of hydrogen-bond donors (Lipinski definition) is 2. The third kappa shape index (κ3) is 3.77. The number of rotatable bonds is 4. The molecule has 0 aliphatic carbocycles. The Balaban J connectivity index is 1.36. The molecule has 8 heteroatoms. The van der Waals surface area contributed by atoms with Crippen LogP contribution in [0.5, 0.6) is 0 Å². The van der Waals surface area contributed by atoms with Crippen molar-refractivity contribution in [3.05, 3.63) is 78.0 Å². The van der Waals surface area contributed by atoms with E-state index in [0.717, 1.165) is 16.8 Å². The molecular weight excluding hydrogens is 404 g/mol. The lowest BCUT2D eigenvalue weighted by molar-refractivity contribution is 0.0765. The molecule has 158 valence electrons. The van der Waals surface area contributed by atoms with E-state index in [0.29, 0.717) is 42.2 Å². The smallest absolute Gasteiger partial charge is 0.253 e. The van der Waals surface area contributed by atoms with Gasteiger partial charge in [0.2, 0.25) is 5.95 Å². The fourth-order valence-corrected chi connectivity index (χ4v) is 3.84. The number of pyridine rings is 1. The van der Waals surface area contributed by atoms with Crippen LogP contribution < -0.4 is 5.32 Å². The van der Waals surface area contributed by atoms with Crippen LogP contribution in [0.1, 0.15) is 22.3 Å². The molecule has 1 saturated heterocycles. The van der Waals surface area contributed by atoms with Crippen LogP contribution in [-0.4, -0.2) is 49.7 Å². The zero-order chi connectivity index (χ0) is 22.1. The molecule has 1 atom stereocenters. The molecule has 2 N–H and O–H groups in total. The highest BCUT2D eigenvalue weighted by Crippen LogP contribution is 2.25. The highest BCUT2D eigenvalue weighted by Gasteiger charge is 2.25. The minimum absolute atomic E-state index is 0.0778. The van der Waals surface area contributed by atoms with Crippen LogP contribution in [0, 0.1) is 11.3 Å². The number of aromatic nitrogens is 3. The molecule has 3 heterocycles. The van der Waals surface area contributed by atoms with E-state index in [1.807, 2.05) is 42.6 Å². The van der Waals surface area contributed by atoms with Crippen molar-refractivity contribution in [2.24, 2.45) is 0 Å². The largest absolute Gasteiger partial charge is 0.391 e. The van der Waals surface area contributed by atoms with Crippen LogP contribution in [-0.2, 0) is 0 Å². The van der Waals surface area contributed by atoms with Crippen molar-refractivity contribution in [1.82, 2.24) is 19.5 Å². The van der Waals surface area contributed by atoms with Crippen molar-refractivity contribution in [2.75, 3.05) is 18.4 Å². The summed E-state index contributed by atoms with van der Waals surface area (Å²) in [4.78, 5) is 18.8. The van der Waals surface area contributed by atoms with Crippen molar-refractivity contribution >= 4 is 23.2 Å². The summed E-state index contributed by atoms with van der Waals surface area (Å²) >= 11 is 0. The van der Waals surface area contributed by atoms with E-state index in [2.05, 4.69) is 21.5 Å². The van der Waals surface area contributed by atoms with Crippen LogP contribution in [0.3, 0.4) is 0 Å². The Morgan fingerprint density at radius 1 is 1.12 bits per heavy atom. The summed E-state index contributed by atoms with van der Waals surface area (Å²) in [6, 6.07) is 20.5. The van der Waals surface area contributed by atoms with Gasteiger partial charge in [0.1, 0.15) is 0 Å². The second kappa shape index (κ2) is 8.13. The lowest BCUT2D eigenvalue weighted by atomic mass is 10.1. The molecule has 8 nitrogen and oxygen atoms in total. The number of nitrogens with one attached hydrogen (secondary N) is 1. The molecule has 1 aliphatic heterocycles. The average molecular weight is 424 g/mol. The van der Waals surface area contributed by atoms with Gasteiger partial charge in [0.15, 0.2) is 5.65 Å². The summed E-state index contributed by atoms with van der Waals surface area (Å²) in [5.41, 5.74) is 4.50. The van der Waals surface area contributed by atoms with E-state index in [-0.39, 0.29) is 5.91 Å². The molecule has 0 saturated carbocycles. The minimum Gasteiger partial charge on any atom is -0.391 e. The molecule has 0 bridgehead atoms. The molecule has 0 spiro atoms. The molecule has 0 radical (unpaired) electrons. The number of amides is 1. The number of benzene rings is 2. The Morgan fingerprint density at radius 3 is 2.59 bits per heavy atom. The van der Waals surface area contributed by atoms with E-state index in [1.54, 1.807) is 33.7 Å². The molecule has 0 unspecified atom stereocenters.